The predicted octanol–water partition coefficient (Wildman–Crippen LogP) is 3.98. The Morgan fingerprint density at radius 3 is 2.79 bits per heavy atom. The second kappa shape index (κ2) is 10.2. The number of nitrogens with one attached hydrogen (secondary N) is 1. The van der Waals surface area contributed by atoms with Gasteiger partial charge in [0.25, 0.3) is 5.91 Å². The van der Waals surface area contributed by atoms with Crippen LogP contribution in [0.25, 0.3) is 11.4 Å². The molecular formula is C20H20BrN5O2S. The standard InChI is InChI=1S/C20H20BrN5O2S/c1-3-26-19(15-7-9-16(21)10-8-15)24-25-20(26)29-13-18(27)23-22-12-14-5-4-6-17(11-14)28-2/h4-12H,3,13H2,1-2H3,(H,23,27)/b22-12-. The van der Waals surface area contributed by atoms with Crippen LogP contribution in [0.15, 0.2) is 63.3 Å². The first-order valence-electron chi connectivity index (χ1n) is 8.88. The number of nitrogens with zero attached hydrogens (tertiary/aromatic N) is 4. The maximum Gasteiger partial charge on any atom is 0.250 e. The van der Waals surface area contributed by atoms with Crippen molar-refractivity contribution in [2.24, 2.45) is 5.10 Å². The van der Waals surface area contributed by atoms with Crippen LogP contribution in [0.2, 0.25) is 0 Å². The van der Waals surface area contributed by atoms with E-state index in [9.17, 15) is 4.79 Å². The van der Waals surface area contributed by atoms with Crippen LogP contribution in [0.4, 0.5) is 0 Å². The molecule has 1 amide bonds. The Labute approximate surface area is 181 Å². The Morgan fingerprint density at radius 2 is 2.07 bits per heavy atom. The number of carbonyl (C=O) groups is 1. The fraction of sp³-hybridized carbons (Fsp3) is 0.200. The SMILES string of the molecule is CCn1c(SCC(=O)N/N=C\c2cccc(OC)c2)nnc1-c1ccc(Br)cc1. The van der Waals surface area contributed by atoms with Gasteiger partial charge in [-0.1, -0.05) is 52.0 Å². The van der Waals surface area contributed by atoms with Gasteiger partial charge in [0.1, 0.15) is 5.75 Å². The molecule has 0 aliphatic rings. The molecular weight excluding hydrogens is 454 g/mol. The number of methoxy groups -OCH3 is 1. The number of ether oxygens (including phenoxy) is 1. The van der Waals surface area contributed by atoms with Crippen molar-refractivity contribution in [3.05, 3.63) is 58.6 Å². The Hall–Kier alpha value is -2.65. The van der Waals surface area contributed by atoms with Crippen molar-refractivity contribution in [1.29, 1.82) is 0 Å². The first-order valence-corrected chi connectivity index (χ1v) is 10.7. The van der Waals surface area contributed by atoms with Crippen LogP contribution in [0.5, 0.6) is 5.75 Å². The third-order valence-electron chi connectivity index (χ3n) is 3.96. The van der Waals surface area contributed by atoms with Gasteiger partial charge in [0.15, 0.2) is 11.0 Å². The van der Waals surface area contributed by atoms with E-state index in [1.807, 2.05) is 60.0 Å². The molecule has 0 bridgehead atoms. The molecule has 2 aromatic carbocycles. The van der Waals surface area contributed by atoms with Gasteiger partial charge in [-0.2, -0.15) is 5.10 Å². The molecule has 0 unspecified atom stereocenters. The second-order valence-corrected chi connectivity index (χ2v) is 7.77. The number of halogens is 1. The molecule has 0 spiro atoms. The first kappa shape index (κ1) is 21.1. The van der Waals surface area contributed by atoms with Gasteiger partial charge in [-0.05, 0) is 36.8 Å². The number of hydrogen-bond donors (Lipinski definition) is 1. The highest BCUT2D eigenvalue weighted by Gasteiger charge is 2.14. The van der Waals surface area contributed by atoms with E-state index < -0.39 is 0 Å². The van der Waals surface area contributed by atoms with Gasteiger partial charge < -0.3 is 9.30 Å². The summed E-state index contributed by atoms with van der Waals surface area (Å²) in [5, 5.41) is 13.2. The number of amides is 1. The van der Waals surface area contributed by atoms with Gasteiger partial charge >= 0.3 is 0 Å². The summed E-state index contributed by atoms with van der Waals surface area (Å²) >= 11 is 4.76. The topological polar surface area (TPSA) is 81.4 Å². The Balaban J connectivity index is 1.58. The number of hydrogen-bond acceptors (Lipinski definition) is 6. The highest BCUT2D eigenvalue weighted by molar-refractivity contribution is 9.10. The van der Waals surface area contributed by atoms with Crippen molar-refractivity contribution in [3.63, 3.8) is 0 Å². The van der Waals surface area contributed by atoms with Gasteiger partial charge in [-0.15, -0.1) is 10.2 Å². The molecule has 1 N–H and O–H groups in total. The quantitative estimate of drug-likeness (QED) is 0.304. The minimum absolute atomic E-state index is 0.188. The summed E-state index contributed by atoms with van der Waals surface area (Å²) in [5.74, 6) is 1.48. The summed E-state index contributed by atoms with van der Waals surface area (Å²) in [6.45, 7) is 2.73. The number of thioether (sulfide) groups is 1. The van der Waals surface area contributed by atoms with Gasteiger partial charge in [-0.25, -0.2) is 5.43 Å². The molecule has 0 aliphatic heterocycles. The number of hydrazone groups is 1. The molecule has 0 aliphatic carbocycles. The van der Waals surface area contributed by atoms with Crippen LogP contribution in [0, 0.1) is 0 Å². The summed E-state index contributed by atoms with van der Waals surface area (Å²) in [7, 11) is 1.60. The summed E-state index contributed by atoms with van der Waals surface area (Å²) in [4.78, 5) is 12.1. The largest absolute Gasteiger partial charge is 0.497 e. The minimum atomic E-state index is -0.218. The van der Waals surface area contributed by atoms with Gasteiger partial charge in [0.05, 0.1) is 19.1 Å². The van der Waals surface area contributed by atoms with Gasteiger partial charge in [-0.3, -0.25) is 4.79 Å². The van der Waals surface area contributed by atoms with E-state index in [-0.39, 0.29) is 11.7 Å². The second-order valence-electron chi connectivity index (χ2n) is 5.92. The van der Waals surface area contributed by atoms with Gasteiger partial charge in [0.2, 0.25) is 0 Å². The van der Waals surface area contributed by atoms with Crippen molar-refractivity contribution in [1.82, 2.24) is 20.2 Å². The van der Waals surface area contributed by atoms with E-state index in [0.717, 1.165) is 27.2 Å². The molecule has 1 heterocycles. The molecule has 7 nitrogen and oxygen atoms in total. The average molecular weight is 474 g/mol. The van der Waals surface area contributed by atoms with Crippen LogP contribution in [-0.4, -0.2) is 39.7 Å². The number of rotatable bonds is 8. The summed E-state index contributed by atoms with van der Waals surface area (Å²) < 4.78 is 8.15. The number of aromatic nitrogens is 3. The Morgan fingerprint density at radius 1 is 1.28 bits per heavy atom. The highest BCUT2D eigenvalue weighted by Crippen LogP contribution is 2.25. The van der Waals surface area contributed by atoms with E-state index in [0.29, 0.717) is 11.7 Å². The molecule has 29 heavy (non-hydrogen) atoms. The van der Waals surface area contributed by atoms with Crippen LogP contribution in [-0.2, 0) is 11.3 Å². The molecule has 9 heteroatoms. The normalized spacial score (nSPS) is 11.0. The lowest BCUT2D eigenvalue weighted by atomic mass is 10.2. The van der Waals surface area contributed by atoms with Gasteiger partial charge in [0, 0.05) is 16.6 Å². The average Bonchev–Trinajstić information content (AvgIpc) is 3.16. The Kier molecular flexibility index (Phi) is 7.42. The van der Waals surface area contributed by atoms with E-state index in [1.54, 1.807) is 13.3 Å². The summed E-state index contributed by atoms with van der Waals surface area (Å²) in [5.41, 5.74) is 4.34. The maximum atomic E-state index is 12.1. The molecule has 0 saturated heterocycles. The first-order chi connectivity index (χ1) is 14.1. The summed E-state index contributed by atoms with van der Waals surface area (Å²) in [6, 6.07) is 15.3. The molecule has 150 valence electrons. The summed E-state index contributed by atoms with van der Waals surface area (Å²) in [6.07, 6.45) is 1.57. The number of carbonyl (C=O) groups excluding carboxylic acids is 1. The fourth-order valence-electron chi connectivity index (χ4n) is 2.56. The third-order valence-corrected chi connectivity index (χ3v) is 5.46. The zero-order chi connectivity index (χ0) is 20.6. The van der Waals surface area contributed by atoms with Crippen LogP contribution in [0.1, 0.15) is 12.5 Å². The van der Waals surface area contributed by atoms with Crippen molar-refractivity contribution >= 4 is 39.8 Å². The van der Waals surface area contributed by atoms with E-state index in [2.05, 4.69) is 36.7 Å². The lowest BCUT2D eigenvalue weighted by Gasteiger charge is -2.07. The fourth-order valence-corrected chi connectivity index (χ4v) is 3.62. The molecule has 0 saturated carbocycles. The van der Waals surface area contributed by atoms with Crippen LogP contribution < -0.4 is 10.2 Å². The van der Waals surface area contributed by atoms with Crippen LogP contribution in [0.3, 0.4) is 0 Å². The lowest BCUT2D eigenvalue weighted by Crippen LogP contribution is -2.20. The minimum Gasteiger partial charge on any atom is -0.497 e. The van der Waals surface area contributed by atoms with Crippen molar-refractivity contribution < 1.29 is 9.53 Å². The van der Waals surface area contributed by atoms with Crippen molar-refractivity contribution in [2.75, 3.05) is 12.9 Å². The zero-order valence-electron chi connectivity index (χ0n) is 16.0. The Bertz CT molecular complexity index is 1000. The smallest absolute Gasteiger partial charge is 0.250 e. The van der Waals surface area contributed by atoms with Crippen molar-refractivity contribution in [3.8, 4) is 17.1 Å². The molecule has 1 aromatic heterocycles. The van der Waals surface area contributed by atoms with E-state index in [1.165, 1.54) is 11.8 Å². The predicted molar refractivity (Wildman–Crippen MR) is 118 cm³/mol. The zero-order valence-corrected chi connectivity index (χ0v) is 18.4. The van der Waals surface area contributed by atoms with E-state index in [4.69, 9.17) is 4.74 Å². The lowest BCUT2D eigenvalue weighted by molar-refractivity contribution is -0.118. The molecule has 0 fully saturated rings. The molecule has 0 atom stereocenters. The molecule has 3 aromatic rings. The van der Waals surface area contributed by atoms with E-state index >= 15 is 0 Å². The van der Waals surface area contributed by atoms with Crippen molar-refractivity contribution in [2.45, 2.75) is 18.6 Å². The monoisotopic (exact) mass is 473 g/mol. The highest BCUT2D eigenvalue weighted by atomic mass is 79.9. The van der Waals surface area contributed by atoms with Crippen LogP contribution >= 0.6 is 27.7 Å². The molecule has 0 radical (unpaired) electrons. The molecule has 3 rings (SSSR count). The maximum absolute atomic E-state index is 12.1. The number of benzene rings is 2. The third kappa shape index (κ3) is 5.68.